The van der Waals surface area contributed by atoms with Crippen LogP contribution in [0.25, 0.3) is 0 Å². The van der Waals surface area contributed by atoms with E-state index in [2.05, 4.69) is 5.32 Å². The highest BCUT2D eigenvalue weighted by molar-refractivity contribution is 5.96. The van der Waals surface area contributed by atoms with Crippen molar-refractivity contribution in [3.05, 3.63) is 29.8 Å². The molecule has 0 aliphatic heterocycles. The van der Waals surface area contributed by atoms with Gasteiger partial charge in [-0.3, -0.25) is 14.6 Å². The molecular formula is C23H40N4O5. The maximum Gasteiger partial charge on any atom is 0.255 e. The number of methoxy groups -OCH3 is 1. The van der Waals surface area contributed by atoms with Gasteiger partial charge in [-0.1, -0.05) is 26.0 Å². The number of hydrazine groups is 1. The molecular weight excluding hydrogens is 412 g/mol. The molecule has 0 heterocycles. The number of carbonyl (C=O) groups is 2. The molecule has 9 heteroatoms. The second kappa shape index (κ2) is 14.8. The van der Waals surface area contributed by atoms with Gasteiger partial charge in [0.2, 0.25) is 5.91 Å². The fourth-order valence-corrected chi connectivity index (χ4v) is 3.19. The molecule has 182 valence electrons. The number of rotatable bonds is 15. The monoisotopic (exact) mass is 452 g/mol. The number of hydrogen-bond donors (Lipinski definition) is 4. The molecule has 2 amide bonds. The Morgan fingerprint density at radius 3 is 2.47 bits per heavy atom. The van der Waals surface area contributed by atoms with Crippen molar-refractivity contribution < 1.29 is 24.2 Å². The maximum absolute atomic E-state index is 12.8. The van der Waals surface area contributed by atoms with Crippen LogP contribution >= 0.6 is 0 Å². The van der Waals surface area contributed by atoms with Gasteiger partial charge in [-0.05, 0) is 43.2 Å². The van der Waals surface area contributed by atoms with Crippen molar-refractivity contribution in [3.8, 4) is 5.75 Å². The van der Waals surface area contributed by atoms with Crippen molar-refractivity contribution in [2.24, 2.45) is 23.4 Å². The predicted molar refractivity (Wildman–Crippen MR) is 124 cm³/mol. The van der Waals surface area contributed by atoms with Crippen LogP contribution in [0, 0.1) is 11.8 Å². The van der Waals surface area contributed by atoms with E-state index in [1.165, 1.54) is 6.92 Å². The van der Waals surface area contributed by atoms with Gasteiger partial charge in [-0.2, -0.15) is 0 Å². The van der Waals surface area contributed by atoms with Crippen molar-refractivity contribution in [3.63, 3.8) is 0 Å². The maximum atomic E-state index is 12.8. The van der Waals surface area contributed by atoms with Crippen molar-refractivity contribution >= 4 is 11.8 Å². The summed E-state index contributed by atoms with van der Waals surface area (Å²) in [5.74, 6) is 5.82. The van der Waals surface area contributed by atoms with E-state index < -0.39 is 12.1 Å². The number of benzene rings is 1. The minimum atomic E-state index is -0.951. The highest BCUT2D eigenvalue weighted by atomic mass is 16.5. The number of nitrogens with one attached hydrogen (secondary N) is 1. The molecule has 32 heavy (non-hydrogen) atoms. The number of ether oxygens (including phenoxy) is 2. The van der Waals surface area contributed by atoms with Crippen LogP contribution in [0.3, 0.4) is 0 Å². The highest BCUT2D eigenvalue weighted by Gasteiger charge is 2.25. The fraction of sp³-hybridized carbons (Fsp3) is 0.652. The average Bonchev–Trinajstić information content (AvgIpc) is 2.75. The van der Waals surface area contributed by atoms with Crippen LogP contribution in [-0.2, 0) is 9.53 Å². The third-order valence-electron chi connectivity index (χ3n) is 5.46. The summed E-state index contributed by atoms with van der Waals surface area (Å²) < 4.78 is 10.8. The van der Waals surface area contributed by atoms with Gasteiger partial charge in [0.1, 0.15) is 5.75 Å². The summed E-state index contributed by atoms with van der Waals surface area (Å²) in [5.41, 5.74) is 6.63. The Labute approximate surface area is 191 Å². The Hall–Kier alpha value is -2.20. The lowest BCUT2D eigenvalue weighted by atomic mass is 9.87. The van der Waals surface area contributed by atoms with Gasteiger partial charge in [0.25, 0.3) is 5.91 Å². The van der Waals surface area contributed by atoms with Gasteiger partial charge in [-0.15, -0.1) is 0 Å². The summed E-state index contributed by atoms with van der Waals surface area (Å²) in [7, 11) is 1.66. The smallest absolute Gasteiger partial charge is 0.255 e. The van der Waals surface area contributed by atoms with E-state index in [4.69, 9.17) is 21.1 Å². The van der Waals surface area contributed by atoms with Crippen molar-refractivity contribution in [2.75, 3.05) is 33.4 Å². The minimum absolute atomic E-state index is 0.0364. The molecule has 9 nitrogen and oxygen atoms in total. The van der Waals surface area contributed by atoms with Gasteiger partial charge in [0, 0.05) is 33.2 Å². The molecule has 0 unspecified atom stereocenters. The fourth-order valence-electron chi connectivity index (χ4n) is 3.19. The first-order valence-corrected chi connectivity index (χ1v) is 11.1. The minimum Gasteiger partial charge on any atom is -0.493 e. The van der Waals surface area contributed by atoms with E-state index in [1.54, 1.807) is 25.3 Å². The average molecular weight is 453 g/mol. The predicted octanol–water partition coefficient (Wildman–Crippen LogP) is 1.29. The zero-order chi connectivity index (χ0) is 24.1. The molecule has 0 aliphatic carbocycles. The first-order chi connectivity index (χ1) is 15.2. The van der Waals surface area contributed by atoms with Crippen LogP contribution < -0.4 is 21.6 Å². The zero-order valence-corrected chi connectivity index (χ0v) is 19.8. The Morgan fingerprint density at radius 2 is 1.84 bits per heavy atom. The van der Waals surface area contributed by atoms with E-state index in [9.17, 15) is 14.7 Å². The Kier molecular flexibility index (Phi) is 12.9. The van der Waals surface area contributed by atoms with E-state index >= 15 is 0 Å². The summed E-state index contributed by atoms with van der Waals surface area (Å²) in [6.45, 7) is 6.95. The second-order valence-electron chi connectivity index (χ2n) is 8.40. The SMILES string of the molecule is COCCCCOc1ccccc1C(=O)NC[C@@H](C[C@H](N)[C@@H](O)CN(N)C(C)=O)C(C)C. The molecule has 0 aliphatic rings. The quantitative estimate of drug-likeness (QED) is 0.136. The molecule has 1 aromatic carbocycles. The summed E-state index contributed by atoms with van der Waals surface area (Å²) in [6, 6.07) is 6.57. The molecule has 0 radical (unpaired) electrons. The third-order valence-corrected chi connectivity index (χ3v) is 5.46. The van der Waals surface area contributed by atoms with Crippen LogP contribution in [0.2, 0.25) is 0 Å². The first kappa shape index (κ1) is 27.8. The molecule has 0 saturated heterocycles. The number of unbranched alkanes of at least 4 members (excludes halogenated alkanes) is 1. The van der Waals surface area contributed by atoms with Crippen molar-refractivity contribution in [1.82, 2.24) is 10.3 Å². The first-order valence-electron chi connectivity index (χ1n) is 11.1. The lowest BCUT2D eigenvalue weighted by Gasteiger charge is -2.29. The number of aliphatic hydroxyl groups is 1. The van der Waals surface area contributed by atoms with Gasteiger partial charge < -0.3 is 25.6 Å². The van der Waals surface area contributed by atoms with Gasteiger partial charge in [0.05, 0.1) is 24.8 Å². The molecule has 0 saturated carbocycles. The highest BCUT2D eigenvalue weighted by Crippen LogP contribution is 2.20. The largest absolute Gasteiger partial charge is 0.493 e. The van der Waals surface area contributed by atoms with Gasteiger partial charge >= 0.3 is 0 Å². The Morgan fingerprint density at radius 1 is 1.19 bits per heavy atom. The molecule has 1 rings (SSSR count). The number of hydrogen-bond acceptors (Lipinski definition) is 7. The van der Waals surface area contributed by atoms with E-state index in [-0.39, 0.29) is 30.2 Å². The lowest BCUT2D eigenvalue weighted by molar-refractivity contribution is -0.130. The van der Waals surface area contributed by atoms with Crippen LogP contribution in [0.4, 0.5) is 0 Å². The summed E-state index contributed by atoms with van der Waals surface area (Å²) in [6.07, 6.45) is 1.25. The summed E-state index contributed by atoms with van der Waals surface area (Å²) in [5, 5.41) is 14.2. The number of nitrogens with two attached hydrogens (primary N) is 2. The topological polar surface area (TPSA) is 140 Å². The molecule has 1 aromatic rings. The number of carbonyl (C=O) groups excluding carboxylic acids is 2. The Balaban J connectivity index is 2.65. The Bertz CT molecular complexity index is 701. The van der Waals surface area contributed by atoms with Crippen molar-refractivity contribution in [2.45, 2.75) is 52.2 Å². The molecule has 0 spiro atoms. The molecule has 3 atom stereocenters. The molecule has 6 N–H and O–H groups in total. The number of para-hydroxylation sites is 1. The van der Waals surface area contributed by atoms with Gasteiger partial charge in [0.15, 0.2) is 0 Å². The third kappa shape index (κ3) is 9.95. The number of amides is 2. The second-order valence-corrected chi connectivity index (χ2v) is 8.40. The normalized spacial score (nSPS) is 14.0. The van der Waals surface area contributed by atoms with E-state index in [0.717, 1.165) is 17.9 Å². The number of aliphatic hydroxyl groups excluding tert-OH is 1. The van der Waals surface area contributed by atoms with Crippen LogP contribution in [0.5, 0.6) is 5.75 Å². The molecule has 0 aromatic heterocycles. The van der Waals surface area contributed by atoms with E-state index in [1.807, 2.05) is 19.9 Å². The van der Waals surface area contributed by atoms with Crippen molar-refractivity contribution in [1.29, 1.82) is 0 Å². The summed E-state index contributed by atoms with van der Waals surface area (Å²) >= 11 is 0. The lowest BCUT2D eigenvalue weighted by Crippen LogP contribution is -2.49. The van der Waals surface area contributed by atoms with Crippen LogP contribution in [-0.4, -0.2) is 67.5 Å². The standard InChI is InChI=1S/C23H40N4O5/c1-16(2)18(13-20(24)21(29)15-27(25)17(3)28)14-26-23(30)19-9-5-6-10-22(19)32-12-8-7-11-31-4/h5-6,9-10,16,18,20-21,29H,7-8,11-15,24-25H2,1-4H3,(H,26,30)/t18-,20+,21+/m1/s1. The zero-order valence-electron chi connectivity index (χ0n) is 19.8. The number of nitrogens with zero attached hydrogens (tertiary/aromatic N) is 1. The van der Waals surface area contributed by atoms with Crippen LogP contribution in [0.15, 0.2) is 24.3 Å². The molecule has 0 fully saturated rings. The van der Waals surface area contributed by atoms with E-state index in [0.29, 0.717) is 37.5 Å². The van der Waals surface area contributed by atoms with Gasteiger partial charge in [-0.25, -0.2) is 5.84 Å². The molecule has 0 bridgehead atoms. The summed E-state index contributed by atoms with van der Waals surface area (Å²) in [4.78, 5) is 24.1. The van der Waals surface area contributed by atoms with Crippen LogP contribution in [0.1, 0.15) is 50.4 Å².